The van der Waals surface area contributed by atoms with Crippen LogP contribution in [0.15, 0.2) is 0 Å². The van der Waals surface area contributed by atoms with Crippen molar-refractivity contribution in [1.82, 2.24) is 10.3 Å². The lowest BCUT2D eigenvalue weighted by Crippen LogP contribution is -2.23. The van der Waals surface area contributed by atoms with Crippen molar-refractivity contribution in [3.8, 4) is 5.75 Å². The molecular weight excluding hydrogens is 250 g/mol. The summed E-state index contributed by atoms with van der Waals surface area (Å²) in [6.07, 6.45) is -0.475. The molecular formula is C12H15N3O2S. The molecule has 0 saturated carbocycles. The lowest BCUT2D eigenvalue weighted by molar-refractivity contribution is 0.202. The number of nitrogens with zero attached hydrogens (tertiary/aromatic N) is 1. The van der Waals surface area contributed by atoms with Crippen LogP contribution < -0.4 is 15.8 Å². The molecule has 0 bridgehead atoms. The topological polar surface area (TPSA) is 77.2 Å². The number of hydrogen-bond donors (Lipinski definition) is 2. The van der Waals surface area contributed by atoms with E-state index in [1.807, 2.05) is 20.8 Å². The highest BCUT2D eigenvalue weighted by atomic mass is 32.1. The Kier molecular flexibility index (Phi) is 3.13. The Morgan fingerprint density at radius 1 is 1.28 bits per heavy atom. The fraction of sp³-hybridized carbons (Fsp3) is 0.333. The Hall–Kier alpha value is -1.82. The number of hydrogen-bond acceptors (Lipinski definition) is 5. The number of fused-ring (bicyclic) bond motifs is 1. The molecule has 1 heterocycles. The molecule has 0 aliphatic heterocycles. The van der Waals surface area contributed by atoms with E-state index >= 15 is 0 Å². The average molecular weight is 265 g/mol. The van der Waals surface area contributed by atoms with Gasteiger partial charge in [-0.25, -0.2) is 9.78 Å². The van der Waals surface area contributed by atoms with E-state index in [2.05, 4.69) is 10.3 Å². The maximum absolute atomic E-state index is 11.4. The van der Waals surface area contributed by atoms with Crippen molar-refractivity contribution in [3.63, 3.8) is 0 Å². The number of nitrogen functional groups attached to an aromatic ring is 1. The standard InChI is InChI=1S/C12H15N3O2S/c1-5-6(2)9(17-12(16)14-4)7(3)10-8(5)15-11(13)18-10/h1-4H3,(H2,13,15)(H,14,16). The normalized spacial score (nSPS) is 10.7. The predicted molar refractivity (Wildman–Crippen MR) is 73.3 cm³/mol. The summed E-state index contributed by atoms with van der Waals surface area (Å²) in [6.45, 7) is 5.77. The first-order valence-electron chi connectivity index (χ1n) is 5.51. The van der Waals surface area contributed by atoms with E-state index in [0.29, 0.717) is 10.9 Å². The summed E-state index contributed by atoms with van der Waals surface area (Å²) < 4.78 is 6.28. The number of nitrogens with one attached hydrogen (secondary N) is 1. The Balaban J connectivity index is 2.69. The van der Waals surface area contributed by atoms with Crippen molar-refractivity contribution in [3.05, 3.63) is 16.7 Å². The van der Waals surface area contributed by atoms with Crippen LogP contribution in [0.4, 0.5) is 9.93 Å². The monoisotopic (exact) mass is 265 g/mol. The SMILES string of the molecule is CNC(=O)Oc1c(C)c(C)c2nc(N)sc2c1C. The number of nitrogens with two attached hydrogens (primary N) is 1. The number of benzene rings is 1. The zero-order valence-corrected chi connectivity index (χ0v) is 11.6. The van der Waals surface area contributed by atoms with Gasteiger partial charge in [0.2, 0.25) is 0 Å². The minimum Gasteiger partial charge on any atom is -0.410 e. The minimum absolute atomic E-state index is 0.475. The van der Waals surface area contributed by atoms with Gasteiger partial charge in [-0.2, -0.15) is 0 Å². The summed E-state index contributed by atoms with van der Waals surface area (Å²) in [5.41, 5.74) is 9.42. The number of carbonyl (C=O) groups excluding carboxylic acids is 1. The second kappa shape index (κ2) is 4.45. The quantitative estimate of drug-likeness (QED) is 0.830. The molecule has 6 heteroatoms. The van der Waals surface area contributed by atoms with Crippen molar-refractivity contribution >= 4 is 32.8 Å². The van der Waals surface area contributed by atoms with Crippen LogP contribution in [0.1, 0.15) is 16.7 Å². The molecule has 1 amide bonds. The van der Waals surface area contributed by atoms with Gasteiger partial charge in [0.1, 0.15) is 5.75 Å². The molecule has 0 radical (unpaired) electrons. The molecule has 0 unspecified atom stereocenters. The highest BCUT2D eigenvalue weighted by molar-refractivity contribution is 7.22. The van der Waals surface area contributed by atoms with E-state index in [-0.39, 0.29) is 0 Å². The smallest absolute Gasteiger partial charge is 0.410 e. The molecule has 96 valence electrons. The molecule has 0 aliphatic rings. The van der Waals surface area contributed by atoms with Crippen molar-refractivity contribution in [2.24, 2.45) is 0 Å². The van der Waals surface area contributed by atoms with Crippen LogP contribution in [0.25, 0.3) is 10.2 Å². The van der Waals surface area contributed by atoms with Crippen LogP contribution in [0.3, 0.4) is 0 Å². The van der Waals surface area contributed by atoms with Crippen molar-refractivity contribution in [2.75, 3.05) is 12.8 Å². The van der Waals surface area contributed by atoms with Gasteiger partial charge in [0.05, 0.1) is 10.2 Å². The van der Waals surface area contributed by atoms with Crippen molar-refractivity contribution in [2.45, 2.75) is 20.8 Å². The van der Waals surface area contributed by atoms with Crippen molar-refractivity contribution in [1.29, 1.82) is 0 Å². The Morgan fingerprint density at radius 2 is 1.94 bits per heavy atom. The summed E-state index contributed by atoms with van der Waals surface area (Å²) >= 11 is 1.41. The zero-order chi connectivity index (χ0) is 13.4. The lowest BCUT2D eigenvalue weighted by atomic mass is 10.0. The number of ether oxygens (including phenoxy) is 1. The van der Waals surface area contributed by atoms with E-state index in [1.165, 1.54) is 18.4 Å². The van der Waals surface area contributed by atoms with Crippen LogP contribution in [0.5, 0.6) is 5.75 Å². The number of anilines is 1. The highest BCUT2D eigenvalue weighted by Crippen LogP contribution is 2.38. The van der Waals surface area contributed by atoms with E-state index in [4.69, 9.17) is 10.5 Å². The molecule has 0 aliphatic carbocycles. The summed E-state index contributed by atoms with van der Waals surface area (Å²) in [7, 11) is 1.53. The highest BCUT2D eigenvalue weighted by Gasteiger charge is 2.18. The number of rotatable bonds is 1. The van der Waals surface area contributed by atoms with Gasteiger partial charge in [-0.3, -0.25) is 0 Å². The Morgan fingerprint density at radius 3 is 2.56 bits per heavy atom. The third kappa shape index (κ3) is 1.88. The van der Waals surface area contributed by atoms with Crippen LogP contribution in [-0.2, 0) is 0 Å². The van der Waals surface area contributed by atoms with E-state index in [0.717, 1.165) is 26.9 Å². The van der Waals surface area contributed by atoms with Gasteiger partial charge in [0, 0.05) is 12.6 Å². The van der Waals surface area contributed by atoms with Crippen LogP contribution in [0.2, 0.25) is 0 Å². The van der Waals surface area contributed by atoms with E-state index in [1.54, 1.807) is 0 Å². The van der Waals surface area contributed by atoms with Gasteiger partial charge in [-0.15, -0.1) is 0 Å². The summed E-state index contributed by atoms with van der Waals surface area (Å²) in [4.78, 5) is 15.7. The zero-order valence-electron chi connectivity index (χ0n) is 10.7. The molecule has 18 heavy (non-hydrogen) atoms. The largest absolute Gasteiger partial charge is 0.412 e. The maximum atomic E-state index is 11.4. The lowest BCUT2D eigenvalue weighted by Gasteiger charge is -2.13. The van der Waals surface area contributed by atoms with Gasteiger partial charge in [0.25, 0.3) is 0 Å². The van der Waals surface area contributed by atoms with Gasteiger partial charge in [-0.05, 0) is 31.9 Å². The number of amides is 1. The van der Waals surface area contributed by atoms with Gasteiger partial charge in [0.15, 0.2) is 5.13 Å². The first-order valence-corrected chi connectivity index (χ1v) is 6.32. The molecule has 0 saturated heterocycles. The van der Waals surface area contributed by atoms with Crippen LogP contribution in [-0.4, -0.2) is 18.1 Å². The third-order valence-corrected chi connectivity index (χ3v) is 3.99. The van der Waals surface area contributed by atoms with Crippen molar-refractivity contribution < 1.29 is 9.53 Å². The molecule has 5 nitrogen and oxygen atoms in total. The molecule has 2 aromatic rings. The Labute approximate surface area is 109 Å². The minimum atomic E-state index is -0.475. The fourth-order valence-corrected chi connectivity index (χ4v) is 2.76. The van der Waals surface area contributed by atoms with Crippen LogP contribution >= 0.6 is 11.3 Å². The molecule has 0 fully saturated rings. The number of thiazole rings is 1. The Bertz CT molecular complexity index is 634. The van der Waals surface area contributed by atoms with Crippen LogP contribution in [0, 0.1) is 20.8 Å². The van der Waals surface area contributed by atoms with Gasteiger partial charge >= 0.3 is 6.09 Å². The summed E-state index contributed by atoms with van der Waals surface area (Å²) in [5, 5.41) is 2.96. The third-order valence-electron chi connectivity index (χ3n) is 2.98. The number of carbonyl (C=O) groups is 1. The number of aromatic nitrogens is 1. The molecule has 1 aromatic carbocycles. The second-order valence-electron chi connectivity index (χ2n) is 4.07. The summed E-state index contributed by atoms with van der Waals surface area (Å²) in [6, 6.07) is 0. The van der Waals surface area contributed by atoms with E-state index in [9.17, 15) is 4.79 Å². The molecule has 0 spiro atoms. The first kappa shape index (κ1) is 12.6. The average Bonchev–Trinajstić information content (AvgIpc) is 2.74. The summed E-state index contributed by atoms with van der Waals surface area (Å²) in [5.74, 6) is 0.586. The number of aryl methyl sites for hydroxylation is 2. The fourth-order valence-electron chi connectivity index (χ4n) is 1.87. The first-order chi connectivity index (χ1) is 8.45. The maximum Gasteiger partial charge on any atom is 0.412 e. The second-order valence-corrected chi connectivity index (χ2v) is 5.10. The molecule has 1 aromatic heterocycles. The molecule has 2 rings (SSSR count). The van der Waals surface area contributed by atoms with Gasteiger partial charge < -0.3 is 15.8 Å². The molecule has 0 atom stereocenters. The van der Waals surface area contributed by atoms with Gasteiger partial charge in [-0.1, -0.05) is 11.3 Å². The predicted octanol–water partition coefficient (Wildman–Crippen LogP) is 2.52. The van der Waals surface area contributed by atoms with E-state index < -0.39 is 6.09 Å². The molecule has 3 N–H and O–H groups in total.